The molecule has 9 heteroatoms. The smallest absolute Gasteiger partial charge is 0.407 e. The van der Waals surface area contributed by atoms with Gasteiger partial charge < -0.3 is 24.3 Å². The highest BCUT2D eigenvalue weighted by Gasteiger charge is 2.32. The Bertz CT molecular complexity index is 1070. The molecule has 31 heavy (non-hydrogen) atoms. The van der Waals surface area contributed by atoms with E-state index in [1.165, 1.54) is 40.2 Å². The Morgan fingerprint density at radius 2 is 1.77 bits per heavy atom. The molecule has 1 aliphatic rings. The molecule has 1 aliphatic carbocycles. The van der Waals surface area contributed by atoms with Crippen molar-refractivity contribution in [3.63, 3.8) is 0 Å². The summed E-state index contributed by atoms with van der Waals surface area (Å²) in [5, 5.41) is 3.24. The molecular formula is C22H24ClNO6S. The molecule has 0 saturated carbocycles. The lowest BCUT2D eigenvalue weighted by Crippen LogP contribution is -2.28. The number of methoxy groups -OCH3 is 4. The molecule has 0 fully saturated rings. The molecule has 0 bridgehead atoms. The molecule has 2 aromatic rings. The zero-order valence-corrected chi connectivity index (χ0v) is 19.5. The van der Waals surface area contributed by atoms with Gasteiger partial charge in [-0.1, -0.05) is 17.7 Å². The summed E-state index contributed by atoms with van der Waals surface area (Å²) in [6.45, 7) is 0. The SMILES string of the molecule is COC(=O)N[C@H]1CCc2c(Cl)c(OC)c(OC)c(OC)c2-c2ccc(SC)c(=O)cc21. The predicted molar refractivity (Wildman–Crippen MR) is 121 cm³/mol. The minimum Gasteiger partial charge on any atom is -0.492 e. The van der Waals surface area contributed by atoms with E-state index < -0.39 is 12.1 Å². The molecule has 0 spiro atoms. The first-order valence-corrected chi connectivity index (χ1v) is 11.1. The molecule has 1 atom stereocenters. The molecule has 0 aliphatic heterocycles. The number of carbonyl (C=O) groups is 1. The average molecular weight is 466 g/mol. The third kappa shape index (κ3) is 4.14. The number of hydrogen-bond acceptors (Lipinski definition) is 7. The second-order valence-corrected chi connectivity index (χ2v) is 8.00. The van der Waals surface area contributed by atoms with E-state index >= 15 is 0 Å². The Labute approximate surface area is 190 Å². The van der Waals surface area contributed by atoms with Crippen molar-refractivity contribution in [2.75, 3.05) is 34.7 Å². The summed E-state index contributed by atoms with van der Waals surface area (Å²) >= 11 is 8.10. The van der Waals surface area contributed by atoms with E-state index in [9.17, 15) is 9.59 Å². The number of nitrogens with one attached hydrogen (secondary N) is 1. The first kappa shape index (κ1) is 23.1. The first-order valence-electron chi connectivity index (χ1n) is 9.49. The predicted octanol–water partition coefficient (Wildman–Crippen LogP) is 4.46. The molecule has 0 radical (unpaired) electrons. The highest BCUT2D eigenvalue weighted by Crippen LogP contribution is 2.54. The topological polar surface area (TPSA) is 83.1 Å². The van der Waals surface area contributed by atoms with Gasteiger partial charge in [-0.2, -0.15) is 0 Å². The minimum absolute atomic E-state index is 0.139. The van der Waals surface area contributed by atoms with E-state index in [2.05, 4.69) is 5.32 Å². The van der Waals surface area contributed by atoms with Gasteiger partial charge in [-0.05, 0) is 47.9 Å². The number of ether oxygens (including phenoxy) is 4. The van der Waals surface area contributed by atoms with Crippen molar-refractivity contribution in [3.8, 4) is 28.4 Å². The van der Waals surface area contributed by atoms with Gasteiger partial charge in [0.2, 0.25) is 5.75 Å². The number of fused-ring (bicyclic) bond motifs is 3. The van der Waals surface area contributed by atoms with Crippen LogP contribution >= 0.6 is 23.4 Å². The second kappa shape index (κ2) is 9.70. The number of carbonyl (C=O) groups excluding carboxylic acids is 1. The lowest BCUT2D eigenvalue weighted by atomic mass is 9.95. The van der Waals surface area contributed by atoms with Crippen molar-refractivity contribution in [1.29, 1.82) is 0 Å². The summed E-state index contributed by atoms with van der Waals surface area (Å²) in [6, 6.07) is 4.70. The van der Waals surface area contributed by atoms with E-state index in [1.54, 1.807) is 12.1 Å². The van der Waals surface area contributed by atoms with Crippen LogP contribution in [0.2, 0.25) is 5.02 Å². The van der Waals surface area contributed by atoms with Crippen LogP contribution in [-0.2, 0) is 11.2 Å². The van der Waals surface area contributed by atoms with Gasteiger partial charge in [0.05, 0.1) is 44.4 Å². The van der Waals surface area contributed by atoms with Crippen LogP contribution < -0.4 is 25.0 Å². The second-order valence-electron chi connectivity index (χ2n) is 6.77. The maximum Gasteiger partial charge on any atom is 0.407 e. The van der Waals surface area contributed by atoms with E-state index in [-0.39, 0.29) is 5.43 Å². The molecule has 0 unspecified atom stereocenters. The maximum atomic E-state index is 12.8. The fraction of sp³-hybridized carbons (Fsp3) is 0.364. The molecular weight excluding hydrogens is 442 g/mol. The van der Waals surface area contributed by atoms with E-state index in [1.807, 2.05) is 12.3 Å². The van der Waals surface area contributed by atoms with Crippen molar-refractivity contribution < 1.29 is 23.7 Å². The standard InChI is InChI=1S/C22H24ClNO6S/c1-27-19-17-11-7-9-16(31-5)15(25)10-13(11)14(24-22(26)30-4)8-6-12(17)18(23)20(28-2)21(19)29-3/h7,9-10,14H,6,8H2,1-5H3,(H,24,26)/t14-/m0/s1. The van der Waals surface area contributed by atoms with E-state index in [4.69, 9.17) is 30.5 Å². The highest BCUT2D eigenvalue weighted by atomic mass is 35.5. The lowest BCUT2D eigenvalue weighted by Gasteiger charge is -2.21. The summed E-state index contributed by atoms with van der Waals surface area (Å²) in [6.07, 6.45) is 2.25. The van der Waals surface area contributed by atoms with Crippen molar-refractivity contribution >= 4 is 29.5 Å². The quantitative estimate of drug-likeness (QED) is 0.652. The summed E-state index contributed by atoms with van der Waals surface area (Å²) in [5.41, 5.74) is 2.72. The zero-order valence-electron chi connectivity index (χ0n) is 18.0. The number of halogens is 1. The van der Waals surface area contributed by atoms with Gasteiger partial charge in [0, 0.05) is 5.56 Å². The molecule has 2 aromatic carbocycles. The molecule has 1 N–H and O–H groups in total. The van der Waals surface area contributed by atoms with Gasteiger partial charge in [-0.3, -0.25) is 4.79 Å². The Balaban J connectivity index is 2.44. The van der Waals surface area contributed by atoms with Crippen molar-refractivity contribution in [2.24, 2.45) is 0 Å². The van der Waals surface area contributed by atoms with Crippen molar-refractivity contribution in [2.45, 2.75) is 23.8 Å². The van der Waals surface area contributed by atoms with Crippen LogP contribution in [0.1, 0.15) is 23.6 Å². The zero-order chi connectivity index (χ0) is 22.7. The molecule has 0 aromatic heterocycles. The van der Waals surface area contributed by atoms with Gasteiger partial charge in [-0.25, -0.2) is 4.79 Å². The number of amides is 1. The Morgan fingerprint density at radius 1 is 1.10 bits per heavy atom. The molecule has 7 nitrogen and oxygen atoms in total. The minimum atomic E-state index is -0.584. The first-order chi connectivity index (χ1) is 14.9. The van der Waals surface area contributed by atoms with Gasteiger partial charge in [0.25, 0.3) is 0 Å². The van der Waals surface area contributed by atoms with Crippen molar-refractivity contribution in [3.05, 3.63) is 44.6 Å². The number of benzene rings is 1. The molecule has 3 rings (SSSR count). The average Bonchev–Trinajstić information content (AvgIpc) is 3.02. The fourth-order valence-corrected chi connectivity index (χ4v) is 4.71. The molecule has 1 amide bonds. The summed E-state index contributed by atoms with van der Waals surface area (Å²) in [5.74, 6) is 1.18. The van der Waals surface area contributed by atoms with Gasteiger partial charge >= 0.3 is 6.09 Å². The molecule has 0 saturated heterocycles. The summed E-state index contributed by atoms with van der Waals surface area (Å²) in [7, 11) is 5.86. The van der Waals surface area contributed by atoms with Gasteiger partial charge in [0.1, 0.15) is 0 Å². The summed E-state index contributed by atoms with van der Waals surface area (Å²) in [4.78, 5) is 25.5. The third-order valence-corrected chi connectivity index (χ3v) is 6.46. The van der Waals surface area contributed by atoms with Crippen LogP contribution in [0.3, 0.4) is 0 Å². The Hall–Kier alpha value is -2.58. The largest absolute Gasteiger partial charge is 0.492 e. The normalized spacial score (nSPS) is 14.6. The summed E-state index contributed by atoms with van der Waals surface area (Å²) < 4.78 is 21.6. The Kier molecular flexibility index (Phi) is 7.23. The van der Waals surface area contributed by atoms with Crippen LogP contribution in [0.25, 0.3) is 11.1 Å². The Morgan fingerprint density at radius 3 is 2.35 bits per heavy atom. The van der Waals surface area contributed by atoms with Crippen LogP contribution in [-0.4, -0.2) is 40.8 Å². The molecule has 0 heterocycles. The third-order valence-electron chi connectivity index (χ3n) is 5.28. The fourth-order valence-electron chi connectivity index (χ4n) is 3.89. The highest BCUT2D eigenvalue weighted by molar-refractivity contribution is 7.98. The van der Waals surface area contributed by atoms with E-state index in [0.29, 0.717) is 56.7 Å². The van der Waals surface area contributed by atoms with Gasteiger partial charge in [-0.15, -0.1) is 11.8 Å². The lowest BCUT2D eigenvalue weighted by molar-refractivity contribution is 0.166. The maximum absolute atomic E-state index is 12.8. The van der Waals surface area contributed by atoms with E-state index in [0.717, 1.165) is 5.56 Å². The molecule has 166 valence electrons. The number of hydrogen-bond donors (Lipinski definition) is 1. The van der Waals surface area contributed by atoms with Crippen molar-refractivity contribution in [1.82, 2.24) is 5.32 Å². The number of rotatable bonds is 5. The van der Waals surface area contributed by atoms with Crippen LogP contribution in [0, 0.1) is 0 Å². The van der Waals surface area contributed by atoms with Crippen LogP contribution in [0.5, 0.6) is 17.2 Å². The number of alkyl carbamates (subject to hydrolysis) is 1. The van der Waals surface area contributed by atoms with Crippen LogP contribution in [0.15, 0.2) is 27.9 Å². The van der Waals surface area contributed by atoms with Gasteiger partial charge in [0.15, 0.2) is 16.9 Å². The van der Waals surface area contributed by atoms with Crippen LogP contribution in [0.4, 0.5) is 4.79 Å². The monoisotopic (exact) mass is 465 g/mol. The number of thioether (sulfide) groups is 1.